The maximum Gasteiger partial charge on any atom is 0.308 e. The molecule has 0 atom stereocenters. The molecule has 24 heavy (non-hydrogen) atoms. The molecule has 1 N–H and O–H groups in total. The van der Waals surface area contributed by atoms with Crippen LogP contribution in [0.25, 0.3) is 10.2 Å². The van der Waals surface area contributed by atoms with Gasteiger partial charge in [-0.2, -0.15) is 0 Å². The number of ether oxygens (including phenoxy) is 1. The number of aryl methyl sites for hydroxylation is 1. The van der Waals surface area contributed by atoms with Gasteiger partial charge in [0.25, 0.3) is 5.91 Å². The molecule has 0 spiro atoms. The van der Waals surface area contributed by atoms with Crippen molar-refractivity contribution < 1.29 is 14.3 Å². The maximum atomic E-state index is 12.4. The average molecular weight is 346 g/mol. The van der Waals surface area contributed by atoms with E-state index >= 15 is 0 Å². The Hall–Kier alpha value is -1.95. The van der Waals surface area contributed by atoms with Crippen LogP contribution in [-0.2, 0) is 9.53 Å². The summed E-state index contributed by atoms with van der Waals surface area (Å²) >= 11 is 1.60. The quantitative estimate of drug-likeness (QED) is 0.863. The lowest BCUT2D eigenvalue weighted by atomic mass is 9.82. The summed E-state index contributed by atoms with van der Waals surface area (Å²) in [5.74, 6) is 0.312. The van der Waals surface area contributed by atoms with Crippen LogP contribution in [0, 0.1) is 18.8 Å². The molecule has 1 aliphatic carbocycles. The zero-order valence-corrected chi connectivity index (χ0v) is 14.8. The highest BCUT2D eigenvalue weighted by Crippen LogP contribution is 2.29. The molecule has 0 saturated heterocycles. The largest absolute Gasteiger partial charge is 0.469 e. The first-order valence-corrected chi connectivity index (χ1v) is 9.11. The Morgan fingerprint density at radius 1 is 1.29 bits per heavy atom. The van der Waals surface area contributed by atoms with Crippen molar-refractivity contribution in [2.24, 2.45) is 11.8 Å². The van der Waals surface area contributed by atoms with Crippen LogP contribution in [0.5, 0.6) is 0 Å². The highest BCUT2D eigenvalue weighted by atomic mass is 32.1. The van der Waals surface area contributed by atoms with Crippen LogP contribution >= 0.6 is 11.3 Å². The second-order valence-corrected chi connectivity index (χ2v) is 7.60. The monoisotopic (exact) mass is 346 g/mol. The normalized spacial score (nSPS) is 20.8. The molecule has 1 amide bonds. The SMILES string of the molecule is COC(=O)C1CCC(CNC(=O)c2ccc3nc(C)sc3c2)CC1. The molecule has 0 unspecified atom stereocenters. The van der Waals surface area contributed by atoms with Crippen LogP contribution in [0.15, 0.2) is 18.2 Å². The number of carbonyl (C=O) groups excluding carboxylic acids is 2. The Labute approximate surface area is 145 Å². The van der Waals surface area contributed by atoms with Gasteiger partial charge >= 0.3 is 5.97 Å². The highest BCUT2D eigenvalue weighted by Gasteiger charge is 2.27. The van der Waals surface area contributed by atoms with E-state index in [9.17, 15) is 9.59 Å². The number of methoxy groups -OCH3 is 1. The zero-order chi connectivity index (χ0) is 17.1. The third kappa shape index (κ3) is 3.75. The van der Waals surface area contributed by atoms with E-state index in [1.165, 1.54) is 7.11 Å². The maximum absolute atomic E-state index is 12.4. The van der Waals surface area contributed by atoms with Crippen molar-refractivity contribution in [3.8, 4) is 0 Å². The molecule has 0 aliphatic heterocycles. The first kappa shape index (κ1) is 16.9. The van der Waals surface area contributed by atoms with Crippen molar-refractivity contribution >= 4 is 33.4 Å². The Balaban J connectivity index is 1.52. The van der Waals surface area contributed by atoms with Crippen LogP contribution in [-0.4, -0.2) is 30.5 Å². The Kier molecular flexibility index (Phi) is 5.14. The number of hydrogen-bond donors (Lipinski definition) is 1. The van der Waals surface area contributed by atoms with E-state index in [2.05, 4.69) is 10.3 Å². The predicted octanol–water partition coefficient (Wildman–Crippen LogP) is 3.31. The number of fused-ring (bicyclic) bond motifs is 1. The number of thiazole rings is 1. The second-order valence-electron chi connectivity index (χ2n) is 6.37. The van der Waals surface area contributed by atoms with Crippen molar-refractivity contribution in [1.29, 1.82) is 0 Å². The highest BCUT2D eigenvalue weighted by molar-refractivity contribution is 7.18. The van der Waals surface area contributed by atoms with Gasteiger partial charge in [0.2, 0.25) is 0 Å². The van der Waals surface area contributed by atoms with E-state index in [4.69, 9.17) is 4.74 Å². The third-order valence-corrected chi connectivity index (χ3v) is 5.62. The molecule has 1 aliphatic rings. The molecule has 3 rings (SSSR count). The first-order valence-electron chi connectivity index (χ1n) is 8.30. The number of rotatable bonds is 4. The van der Waals surface area contributed by atoms with Crippen LogP contribution in [0.1, 0.15) is 41.0 Å². The number of esters is 1. The van der Waals surface area contributed by atoms with Gasteiger partial charge in [-0.25, -0.2) is 4.98 Å². The summed E-state index contributed by atoms with van der Waals surface area (Å²) in [7, 11) is 1.44. The van der Waals surface area contributed by atoms with Gasteiger partial charge in [0.1, 0.15) is 0 Å². The molecule has 128 valence electrons. The average Bonchev–Trinajstić information content (AvgIpc) is 2.98. The minimum atomic E-state index is -0.106. The van der Waals surface area contributed by atoms with Crippen molar-refractivity contribution in [2.75, 3.05) is 13.7 Å². The number of amides is 1. The molecule has 1 fully saturated rings. The minimum absolute atomic E-state index is 0.0268. The van der Waals surface area contributed by atoms with Crippen molar-refractivity contribution in [1.82, 2.24) is 10.3 Å². The van der Waals surface area contributed by atoms with Crippen LogP contribution in [0.4, 0.5) is 0 Å². The van der Waals surface area contributed by atoms with E-state index in [-0.39, 0.29) is 17.8 Å². The summed E-state index contributed by atoms with van der Waals surface area (Å²) in [5.41, 5.74) is 1.62. The lowest BCUT2D eigenvalue weighted by molar-refractivity contribution is -0.146. The predicted molar refractivity (Wildman–Crippen MR) is 94.2 cm³/mol. The van der Waals surface area contributed by atoms with Gasteiger partial charge in [-0.1, -0.05) is 0 Å². The summed E-state index contributed by atoms with van der Waals surface area (Å²) < 4.78 is 5.85. The lowest BCUT2D eigenvalue weighted by Crippen LogP contribution is -2.32. The van der Waals surface area contributed by atoms with Crippen LogP contribution in [0.2, 0.25) is 0 Å². The number of nitrogens with one attached hydrogen (secondary N) is 1. The van der Waals surface area contributed by atoms with E-state index in [1.54, 1.807) is 11.3 Å². The molecule has 6 heteroatoms. The lowest BCUT2D eigenvalue weighted by Gasteiger charge is -2.26. The summed E-state index contributed by atoms with van der Waals surface area (Å²) in [6, 6.07) is 5.63. The minimum Gasteiger partial charge on any atom is -0.469 e. The summed E-state index contributed by atoms with van der Waals surface area (Å²) in [6.45, 7) is 2.63. The molecular formula is C18H22N2O3S. The van der Waals surface area contributed by atoms with Crippen LogP contribution in [0.3, 0.4) is 0 Å². The number of benzene rings is 1. The fourth-order valence-corrected chi connectivity index (χ4v) is 4.16. The van der Waals surface area contributed by atoms with Gasteiger partial charge in [0.15, 0.2) is 0 Å². The number of nitrogens with zero attached hydrogens (tertiary/aromatic N) is 1. The summed E-state index contributed by atoms with van der Waals surface area (Å²) in [6.07, 6.45) is 3.60. The molecule has 2 aromatic rings. The molecule has 5 nitrogen and oxygen atoms in total. The first-order chi connectivity index (χ1) is 11.6. The van der Waals surface area contributed by atoms with Crippen molar-refractivity contribution in [2.45, 2.75) is 32.6 Å². The second kappa shape index (κ2) is 7.30. The third-order valence-electron chi connectivity index (χ3n) is 4.69. The number of carbonyl (C=O) groups is 2. The molecule has 1 saturated carbocycles. The van der Waals surface area contributed by atoms with Crippen LogP contribution < -0.4 is 5.32 Å². The number of aromatic nitrogens is 1. The van der Waals surface area contributed by atoms with Gasteiger partial charge in [-0.3, -0.25) is 9.59 Å². The van der Waals surface area contributed by atoms with Crippen molar-refractivity contribution in [3.63, 3.8) is 0 Å². The van der Waals surface area contributed by atoms with Crippen molar-refractivity contribution in [3.05, 3.63) is 28.8 Å². The molecule has 1 aromatic heterocycles. The Morgan fingerprint density at radius 3 is 2.75 bits per heavy atom. The van der Waals surface area contributed by atoms with Gasteiger partial charge in [-0.05, 0) is 56.7 Å². The summed E-state index contributed by atoms with van der Waals surface area (Å²) in [5, 5.41) is 4.03. The van der Waals surface area contributed by atoms with E-state index in [0.29, 0.717) is 18.0 Å². The topological polar surface area (TPSA) is 68.3 Å². The van der Waals surface area contributed by atoms with E-state index in [0.717, 1.165) is 40.9 Å². The Morgan fingerprint density at radius 2 is 2.04 bits per heavy atom. The molecular weight excluding hydrogens is 324 g/mol. The Bertz CT molecular complexity index is 748. The van der Waals surface area contributed by atoms with Gasteiger partial charge in [-0.15, -0.1) is 11.3 Å². The smallest absolute Gasteiger partial charge is 0.308 e. The van der Waals surface area contributed by atoms with Gasteiger partial charge in [0, 0.05) is 12.1 Å². The molecule has 0 radical (unpaired) electrons. The summed E-state index contributed by atoms with van der Waals surface area (Å²) in [4.78, 5) is 28.3. The van der Waals surface area contributed by atoms with E-state index in [1.807, 2.05) is 25.1 Å². The van der Waals surface area contributed by atoms with E-state index < -0.39 is 0 Å². The van der Waals surface area contributed by atoms with Gasteiger partial charge < -0.3 is 10.1 Å². The standard InChI is InChI=1S/C18H22N2O3S/c1-11-20-15-8-7-14(9-16(15)24-11)17(21)19-10-12-3-5-13(6-4-12)18(22)23-2/h7-9,12-13H,3-6,10H2,1-2H3,(H,19,21). The zero-order valence-electron chi connectivity index (χ0n) is 14.0. The molecule has 0 bridgehead atoms. The molecule has 1 aromatic carbocycles. The number of hydrogen-bond acceptors (Lipinski definition) is 5. The van der Waals surface area contributed by atoms with Gasteiger partial charge in [0.05, 0.1) is 28.3 Å². The fourth-order valence-electron chi connectivity index (χ4n) is 3.29. The fraction of sp³-hybridized carbons (Fsp3) is 0.500. The molecule has 1 heterocycles.